The minimum absolute atomic E-state index is 0.204. The fourth-order valence-electron chi connectivity index (χ4n) is 1.46. The van der Waals surface area contributed by atoms with Gasteiger partial charge in [-0.25, -0.2) is 9.18 Å². The molecule has 0 saturated carbocycles. The van der Waals surface area contributed by atoms with E-state index >= 15 is 0 Å². The van der Waals surface area contributed by atoms with E-state index in [1.807, 2.05) is 0 Å². The zero-order valence-corrected chi connectivity index (χ0v) is 9.69. The number of halogens is 4. The summed E-state index contributed by atoms with van der Waals surface area (Å²) in [6.45, 7) is 4.09. The molecule has 6 heteroatoms. The molecule has 0 heterocycles. The molecular formula is C12H10F4O2. The Morgan fingerprint density at radius 1 is 1.33 bits per heavy atom. The molecule has 0 fully saturated rings. The summed E-state index contributed by atoms with van der Waals surface area (Å²) in [5, 5.41) is 0. The summed E-state index contributed by atoms with van der Waals surface area (Å²) < 4.78 is 55.4. The molecule has 0 aliphatic rings. The van der Waals surface area contributed by atoms with Crippen LogP contribution in [0.15, 0.2) is 18.7 Å². The van der Waals surface area contributed by atoms with Crippen LogP contribution in [0.1, 0.15) is 21.5 Å². The zero-order chi connectivity index (χ0) is 14.1. The van der Waals surface area contributed by atoms with E-state index in [4.69, 9.17) is 0 Å². The summed E-state index contributed by atoms with van der Waals surface area (Å²) in [5.41, 5.74) is -2.36. The molecule has 98 valence electrons. The van der Waals surface area contributed by atoms with Gasteiger partial charge >= 0.3 is 12.1 Å². The lowest BCUT2D eigenvalue weighted by Crippen LogP contribution is -2.15. The third kappa shape index (κ3) is 2.52. The number of rotatable bonds is 2. The average Bonchev–Trinajstić information content (AvgIpc) is 2.29. The molecule has 0 N–H and O–H groups in total. The minimum atomic E-state index is -4.70. The van der Waals surface area contributed by atoms with Gasteiger partial charge in [0.2, 0.25) is 0 Å². The summed E-state index contributed by atoms with van der Waals surface area (Å²) >= 11 is 0. The number of hydrogen-bond acceptors (Lipinski definition) is 2. The second kappa shape index (κ2) is 4.80. The van der Waals surface area contributed by atoms with Crippen molar-refractivity contribution >= 4 is 11.5 Å². The fourth-order valence-corrected chi connectivity index (χ4v) is 1.46. The molecular weight excluding hydrogens is 252 g/mol. The van der Waals surface area contributed by atoms with E-state index in [1.165, 1.54) is 6.92 Å². The van der Waals surface area contributed by atoms with Crippen LogP contribution in [0.5, 0.6) is 0 Å². The van der Waals surface area contributed by atoms with Crippen LogP contribution in [0.4, 0.5) is 17.6 Å². The third-order valence-electron chi connectivity index (χ3n) is 2.46. The second-order valence-electron chi connectivity index (χ2n) is 3.56. The van der Waals surface area contributed by atoms with Gasteiger partial charge in [0, 0.05) is 5.56 Å². The SMILES string of the molecule is C=C(c1ccc(F)c(C)c1C(=O)OC)C(F)(F)F. The van der Waals surface area contributed by atoms with E-state index in [2.05, 4.69) is 11.3 Å². The Morgan fingerprint density at radius 3 is 2.33 bits per heavy atom. The molecule has 1 aromatic rings. The summed E-state index contributed by atoms with van der Waals surface area (Å²) in [6, 6.07) is 1.72. The highest BCUT2D eigenvalue weighted by molar-refractivity contribution is 5.97. The molecule has 0 aliphatic carbocycles. The van der Waals surface area contributed by atoms with E-state index in [9.17, 15) is 22.4 Å². The van der Waals surface area contributed by atoms with Crippen LogP contribution < -0.4 is 0 Å². The smallest absolute Gasteiger partial charge is 0.416 e. The molecule has 1 rings (SSSR count). The number of hydrogen-bond donors (Lipinski definition) is 0. The third-order valence-corrected chi connectivity index (χ3v) is 2.46. The fraction of sp³-hybridized carbons (Fsp3) is 0.250. The lowest BCUT2D eigenvalue weighted by molar-refractivity contribution is -0.0686. The first kappa shape index (κ1) is 14.2. The van der Waals surface area contributed by atoms with Gasteiger partial charge in [-0.2, -0.15) is 13.2 Å². The lowest BCUT2D eigenvalue weighted by atomic mass is 9.96. The van der Waals surface area contributed by atoms with E-state index in [-0.39, 0.29) is 5.56 Å². The van der Waals surface area contributed by atoms with Crippen LogP contribution in [0.25, 0.3) is 5.57 Å². The first-order valence-corrected chi connectivity index (χ1v) is 4.84. The standard InChI is InChI=1S/C12H10F4O2/c1-6-9(13)5-4-8(7(2)12(14,15)16)10(6)11(17)18-3/h4-5H,2H2,1,3H3. The number of carbonyl (C=O) groups excluding carboxylic acids is 1. The molecule has 0 bridgehead atoms. The minimum Gasteiger partial charge on any atom is -0.465 e. The zero-order valence-electron chi connectivity index (χ0n) is 9.69. The van der Waals surface area contributed by atoms with Crippen LogP contribution in [0.3, 0.4) is 0 Å². The maximum absolute atomic E-state index is 13.3. The Kier molecular flexibility index (Phi) is 3.79. The molecule has 2 nitrogen and oxygen atoms in total. The van der Waals surface area contributed by atoms with Crippen LogP contribution in [0, 0.1) is 12.7 Å². The van der Waals surface area contributed by atoms with Gasteiger partial charge in [0.1, 0.15) is 5.82 Å². The van der Waals surface area contributed by atoms with Crippen molar-refractivity contribution in [3.8, 4) is 0 Å². The average molecular weight is 262 g/mol. The topological polar surface area (TPSA) is 26.3 Å². The van der Waals surface area contributed by atoms with Crippen molar-refractivity contribution in [2.45, 2.75) is 13.1 Å². The van der Waals surface area contributed by atoms with Crippen LogP contribution in [-0.4, -0.2) is 19.3 Å². The van der Waals surface area contributed by atoms with Gasteiger partial charge in [-0.05, 0) is 18.6 Å². The first-order chi connectivity index (χ1) is 8.20. The van der Waals surface area contributed by atoms with Crippen molar-refractivity contribution in [1.82, 2.24) is 0 Å². The van der Waals surface area contributed by atoms with Gasteiger partial charge in [-0.1, -0.05) is 12.6 Å². The lowest BCUT2D eigenvalue weighted by Gasteiger charge is -2.15. The molecule has 0 unspecified atom stereocenters. The summed E-state index contributed by atoms with van der Waals surface area (Å²) in [7, 11) is 1.01. The van der Waals surface area contributed by atoms with Crippen molar-refractivity contribution in [3.05, 3.63) is 41.2 Å². The Morgan fingerprint density at radius 2 is 1.89 bits per heavy atom. The molecule has 0 radical (unpaired) electrons. The molecule has 0 saturated heterocycles. The van der Waals surface area contributed by atoms with E-state index in [1.54, 1.807) is 0 Å². The number of ether oxygens (including phenoxy) is 1. The quantitative estimate of drug-likeness (QED) is 0.602. The van der Waals surface area contributed by atoms with E-state index < -0.39 is 34.7 Å². The highest BCUT2D eigenvalue weighted by Gasteiger charge is 2.36. The number of benzene rings is 1. The molecule has 0 amide bonds. The number of methoxy groups -OCH3 is 1. The number of alkyl halides is 3. The second-order valence-corrected chi connectivity index (χ2v) is 3.56. The maximum atomic E-state index is 13.3. The monoisotopic (exact) mass is 262 g/mol. The van der Waals surface area contributed by atoms with Crippen molar-refractivity contribution in [1.29, 1.82) is 0 Å². The number of carbonyl (C=O) groups is 1. The Labute approximate surface area is 101 Å². The van der Waals surface area contributed by atoms with Gasteiger partial charge in [-0.3, -0.25) is 0 Å². The molecule has 0 aliphatic heterocycles. The van der Waals surface area contributed by atoms with Gasteiger partial charge in [0.05, 0.1) is 18.2 Å². The van der Waals surface area contributed by atoms with Gasteiger partial charge in [0.15, 0.2) is 0 Å². The van der Waals surface area contributed by atoms with Crippen molar-refractivity contribution in [2.75, 3.05) is 7.11 Å². The van der Waals surface area contributed by atoms with E-state index in [0.717, 1.165) is 19.2 Å². The molecule has 0 atom stereocenters. The van der Waals surface area contributed by atoms with Crippen molar-refractivity contribution in [2.24, 2.45) is 0 Å². The molecule has 18 heavy (non-hydrogen) atoms. The highest BCUT2D eigenvalue weighted by Crippen LogP contribution is 2.35. The number of esters is 1. The van der Waals surface area contributed by atoms with Crippen molar-refractivity contribution < 1.29 is 27.1 Å². The predicted molar refractivity (Wildman–Crippen MR) is 57.6 cm³/mol. The van der Waals surface area contributed by atoms with Crippen LogP contribution >= 0.6 is 0 Å². The summed E-state index contributed by atoms with van der Waals surface area (Å²) in [6.07, 6.45) is -4.70. The summed E-state index contributed by atoms with van der Waals surface area (Å²) in [4.78, 5) is 11.4. The van der Waals surface area contributed by atoms with Gasteiger partial charge in [-0.15, -0.1) is 0 Å². The van der Waals surface area contributed by atoms with Crippen molar-refractivity contribution in [3.63, 3.8) is 0 Å². The predicted octanol–water partition coefficient (Wildman–Crippen LogP) is 3.50. The Balaban J connectivity index is 3.51. The van der Waals surface area contributed by atoms with Gasteiger partial charge in [0.25, 0.3) is 0 Å². The van der Waals surface area contributed by atoms with Gasteiger partial charge < -0.3 is 4.74 Å². The largest absolute Gasteiger partial charge is 0.465 e. The maximum Gasteiger partial charge on any atom is 0.416 e. The number of allylic oxidation sites excluding steroid dienone is 1. The first-order valence-electron chi connectivity index (χ1n) is 4.84. The molecule has 1 aromatic carbocycles. The Bertz CT molecular complexity index is 504. The normalized spacial score (nSPS) is 11.2. The van der Waals surface area contributed by atoms with E-state index in [0.29, 0.717) is 0 Å². The molecule has 0 spiro atoms. The Hall–Kier alpha value is -1.85. The molecule has 0 aromatic heterocycles. The highest BCUT2D eigenvalue weighted by atomic mass is 19.4. The van der Waals surface area contributed by atoms with Crippen LogP contribution in [0.2, 0.25) is 0 Å². The van der Waals surface area contributed by atoms with Crippen LogP contribution in [-0.2, 0) is 4.74 Å². The summed E-state index contributed by atoms with van der Waals surface area (Å²) in [5.74, 6) is -1.82.